The number of carbonyl (C=O) groups excluding carboxylic acids is 2. The molecule has 1 heterocycles. The van der Waals surface area contributed by atoms with E-state index in [1.165, 1.54) is 0 Å². The SMILES string of the molecule is O=C1NC(=O)c2c1c2=O. The molecule has 9 heavy (non-hydrogen) atoms. The van der Waals surface area contributed by atoms with Crippen LogP contribution in [0.3, 0.4) is 0 Å². The monoisotopic (exact) mass is 123 g/mol. The van der Waals surface area contributed by atoms with Crippen molar-refractivity contribution < 1.29 is 9.59 Å². The summed E-state index contributed by atoms with van der Waals surface area (Å²) in [5.41, 5.74) is -0.274. The van der Waals surface area contributed by atoms with Gasteiger partial charge in [0.1, 0.15) is 11.1 Å². The lowest BCUT2D eigenvalue weighted by Gasteiger charge is -1.84. The van der Waals surface area contributed by atoms with E-state index in [1.54, 1.807) is 0 Å². The highest BCUT2D eigenvalue weighted by molar-refractivity contribution is 6.26. The van der Waals surface area contributed by atoms with Crippen molar-refractivity contribution in [2.75, 3.05) is 0 Å². The summed E-state index contributed by atoms with van der Waals surface area (Å²) in [6.07, 6.45) is 0. The molecule has 0 atom stereocenters. The number of carbonyl (C=O) groups is 2. The van der Waals surface area contributed by atoms with E-state index in [9.17, 15) is 14.4 Å². The minimum absolute atomic E-state index is 0.0556. The highest BCUT2D eigenvalue weighted by Gasteiger charge is 2.41. The fourth-order valence-electron chi connectivity index (χ4n) is 0.832. The second-order valence-electron chi connectivity index (χ2n) is 1.86. The molecule has 0 aliphatic carbocycles. The summed E-state index contributed by atoms with van der Waals surface area (Å²) in [7, 11) is 0. The predicted molar refractivity (Wildman–Crippen MR) is 26.9 cm³/mol. The zero-order valence-corrected chi connectivity index (χ0v) is 4.22. The van der Waals surface area contributed by atoms with Crippen molar-refractivity contribution in [3.63, 3.8) is 0 Å². The molecule has 0 spiro atoms. The second kappa shape index (κ2) is 0.953. The Balaban J connectivity index is 2.66. The van der Waals surface area contributed by atoms with Crippen LogP contribution in [0.5, 0.6) is 0 Å². The molecule has 0 fully saturated rings. The molecular weight excluding hydrogens is 122 g/mol. The van der Waals surface area contributed by atoms with Gasteiger partial charge in [0.05, 0.1) is 0 Å². The third-order valence-electron chi connectivity index (χ3n) is 1.32. The average molecular weight is 123 g/mol. The minimum Gasteiger partial charge on any atom is -0.288 e. The third-order valence-corrected chi connectivity index (χ3v) is 1.32. The lowest BCUT2D eigenvalue weighted by Crippen LogP contribution is -2.25. The molecule has 0 bridgehead atoms. The molecule has 0 aromatic heterocycles. The Kier molecular flexibility index (Phi) is 0.469. The summed E-state index contributed by atoms with van der Waals surface area (Å²) in [4.78, 5) is 31.2. The first-order valence-electron chi connectivity index (χ1n) is 2.36. The van der Waals surface area contributed by atoms with Crippen molar-refractivity contribution >= 4 is 11.8 Å². The van der Waals surface area contributed by atoms with E-state index in [-0.39, 0.29) is 16.6 Å². The normalized spacial score (nSPS) is 16.4. The van der Waals surface area contributed by atoms with Gasteiger partial charge in [-0.3, -0.25) is 19.7 Å². The van der Waals surface area contributed by atoms with Crippen LogP contribution in [0.15, 0.2) is 4.79 Å². The summed E-state index contributed by atoms with van der Waals surface area (Å²) in [6, 6.07) is 0. The molecule has 0 radical (unpaired) electrons. The number of nitrogens with one attached hydrogen (secondary N) is 1. The molecule has 0 unspecified atom stereocenters. The van der Waals surface area contributed by atoms with Gasteiger partial charge in [0.15, 0.2) is 0 Å². The number of imide groups is 1. The van der Waals surface area contributed by atoms with Crippen LogP contribution in [-0.2, 0) is 0 Å². The number of rotatable bonds is 0. The highest BCUT2D eigenvalue weighted by atomic mass is 16.2. The number of fused-ring (bicyclic) bond motifs is 1. The second-order valence-corrected chi connectivity index (χ2v) is 1.86. The average Bonchev–Trinajstić information content (AvgIpc) is 2.30. The Morgan fingerprint density at radius 2 is 1.33 bits per heavy atom. The Labute approximate surface area is 49.2 Å². The van der Waals surface area contributed by atoms with Crippen LogP contribution in [0, 0.1) is 0 Å². The van der Waals surface area contributed by atoms with Gasteiger partial charge >= 0.3 is 0 Å². The Morgan fingerprint density at radius 1 is 0.889 bits per heavy atom. The van der Waals surface area contributed by atoms with E-state index < -0.39 is 11.8 Å². The smallest absolute Gasteiger partial charge is 0.263 e. The third kappa shape index (κ3) is 0.321. The maximum absolute atomic E-state index is 10.4. The van der Waals surface area contributed by atoms with Gasteiger partial charge in [-0.25, -0.2) is 0 Å². The Bertz CT molecular complexity index is 300. The summed E-state index contributed by atoms with van der Waals surface area (Å²) >= 11 is 0. The fourth-order valence-corrected chi connectivity index (χ4v) is 0.832. The van der Waals surface area contributed by atoms with Crippen LogP contribution >= 0.6 is 0 Å². The number of amides is 2. The van der Waals surface area contributed by atoms with Crippen molar-refractivity contribution in [1.82, 2.24) is 5.32 Å². The topological polar surface area (TPSA) is 63.2 Å². The van der Waals surface area contributed by atoms with Crippen LogP contribution in [0.4, 0.5) is 0 Å². The van der Waals surface area contributed by atoms with Crippen molar-refractivity contribution in [3.8, 4) is 0 Å². The first-order chi connectivity index (χ1) is 4.22. The summed E-state index contributed by atoms with van der Waals surface area (Å²) < 4.78 is 0. The molecule has 4 nitrogen and oxygen atoms in total. The molecule has 2 rings (SSSR count). The maximum Gasteiger partial charge on any atom is 0.263 e. The van der Waals surface area contributed by atoms with Crippen LogP contribution in [-0.4, -0.2) is 11.8 Å². The lowest BCUT2D eigenvalue weighted by molar-refractivity contribution is 0.0874. The zero-order chi connectivity index (χ0) is 6.59. The van der Waals surface area contributed by atoms with Crippen molar-refractivity contribution in [1.29, 1.82) is 0 Å². The van der Waals surface area contributed by atoms with Gasteiger partial charge in [-0.2, -0.15) is 0 Å². The molecule has 1 N–H and O–H groups in total. The molecular formula is C5HNO3. The number of hydrogen-bond donors (Lipinski definition) is 1. The van der Waals surface area contributed by atoms with Gasteiger partial charge < -0.3 is 0 Å². The molecule has 1 aliphatic rings. The first kappa shape index (κ1) is 4.43. The molecule has 1 aliphatic heterocycles. The molecule has 1 aromatic carbocycles. The molecule has 0 saturated heterocycles. The lowest BCUT2D eigenvalue weighted by atomic mass is 10.5. The van der Waals surface area contributed by atoms with Crippen LogP contribution in [0.25, 0.3) is 0 Å². The van der Waals surface area contributed by atoms with Gasteiger partial charge in [0.25, 0.3) is 11.8 Å². The van der Waals surface area contributed by atoms with E-state index >= 15 is 0 Å². The van der Waals surface area contributed by atoms with Crippen LogP contribution < -0.4 is 10.7 Å². The standard InChI is InChI=1S/C5HNO3/c7-3-1-2(3)5(9)6-4(1)8/h(H,6,8,9). The van der Waals surface area contributed by atoms with E-state index in [4.69, 9.17) is 0 Å². The van der Waals surface area contributed by atoms with Crippen molar-refractivity contribution in [3.05, 3.63) is 21.4 Å². The van der Waals surface area contributed by atoms with Gasteiger partial charge in [0, 0.05) is 0 Å². The van der Waals surface area contributed by atoms with Crippen molar-refractivity contribution in [2.24, 2.45) is 0 Å². The summed E-state index contributed by atoms with van der Waals surface area (Å²) in [5, 5.41) is 1.97. The van der Waals surface area contributed by atoms with Gasteiger partial charge in [-0.15, -0.1) is 0 Å². The largest absolute Gasteiger partial charge is 0.288 e. The summed E-state index contributed by atoms with van der Waals surface area (Å²) in [5.74, 6) is -1.08. The van der Waals surface area contributed by atoms with Gasteiger partial charge in [0.2, 0.25) is 5.43 Å². The maximum atomic E-state index is 10.4. The van der Waals surface area contributed by atoms with Gasteiger partial charge in [-0.05, 0) is 0 Å². The fraction of sp³-hybridized carbons (Fsp3) is 0. The minimum atomic E-state index is -0.542. The van der Waals surface area contributed by atoms with E-state index in [0.29, 0.717) is 0 Å². The first-order valence-corrected chi connectivity index (χ1v) is 2.36. The quantitative estimate of drug-likeness (QED) is 0.441. The summed E-state index contributed by atoms with van der Waals surface area (Å²) in [6.45, 7) is 0. The molecule has 0 saturated carbocycles. The Morgan fingerprint density at radius 3 is 1.56 bits per heavy atom. The molecule has 2 amide bonds. The van der Waals surface area contributed by atoms with Crippen LogP contribution in [0.1, 0.15) is 20.7 Å². The molecule has 4 heteroatoms. The highest BCUT2D eigenvalue weighted by Crippen LogP contribution is 2.14. The molecule has 1 aromatic rings. The zero-order valence-electron chi connectivity index (χ0n) is 4.22. The van der Waals surface area contributed by atoms with E-state index in [1.807, 2.05) is 5.32 Å². The van der Waals surface area contributed by atoms with E-state index in [2.05, 4.69) is 0 Å². The van der Waals surface area contributed by atoms with Crippen molar-refractivity contribution in [2.45, 2.75) is 0 Å². The van der Waals surface area contributed by atoms with E-state index in [0.717, 1.165) is 0 Å². The Hall–Kier alpha value is -1.45. The predicted octanol–water partition coefficient (Wildman–Crippen LogP) is -1.19. The molecule has 44 valence electrons. The van der Waals surface area contributed by atoms with Crippen LogP contribution in [0.2, 0.25) is 0 Å². The van der Waals surface area contributed by atoms with Gasteiger partial charge in [-0.1, -0.05) is 0 Å². The number of hydrogen-bond acceptors (Lipinski definition) is 3.